The zero-order valence-electron chi connectivity index (χ0n) is 38.3. The quantitative estimate of drug-likeness (QED) is 0.0309. The molecule has 0 N–H and O–H groups in total. The summed E-state index contributed by atoms with van der Waals surface area (Å²) in [6, 6.07) is 33.6. The molecule has 328 valence electrons. The summed E-state index contributed by atoms with van der Waals surface area (Å²) in [7, 11) is 0. The average molecular weight is 835 g/mol. The Morgan fingerprint density at radius 2 is 0.839 bits per heavy atom. The molecule has 0 radical (unpaired) electrons. The molecule has 0 atom stereocenters. The summed E-state index contributed by atoms with van der Waals surface area (Å²) in [5.41, 5.74) is 2.28. The number of hydrogen-bond donors (Lipinski definition) is 0. The molecule has 5 heteroatoms. The van der Waals surface area contributed by atoms with Gasteiger partial charge in [0.25, 0.3) is 0 Å². The van der Waals surface area contributed by atoms with Gasteiger partial charge in [0.2, 0.25) is 0 Å². The molecule has 0 aromatic heterocycles. The summed E-state index contributed by atoms with van der Waals surface area (Å²) in [6.45, 7) is 14.4. The van der Waals surface area contributed by atoms with Crippen molar-refractivity contribution in [3.05, 3.63) is 91.0 Å². The van der Waals surface area contributed by atoms with E-state index in [9.17, 15) is 0 Å². The molecular formula is C57H70O5. The second-order valence-electron chi connectivity index (χ2n) is 17.1. The van der Waals surface area contributed by atoms with Gasteiger partial charge in [-0.05, 0) is 146 Å². The second-order valence-corrected chi connectivity index (χ2v) is 17.1. The van der Waals surface area contributed by atoms with Crippen LogP contribution in [0, 0.1) is 0 Å². The van der Waals surface area contributed by atoms with E-state index >= 15 is 0 Å². The van der Waals surface area contributed by atoms with Gasteiger partial charge in [0.05, 0.1) is 33.0 Å². The van der Waals surface area contributed by atoms with E-state index in [1.807, 2.05) is 0 Å². The fourth-order valence-corrected chi connectivity index (χ4v) is 8.72. The van der Waals surface area contributed by atoms with Crippen LogP contribution in [0.25, 0.3) is 65.0 Å². The summed E-state index contributed by atoms with van der Waals surface area (Å²) in [6.07, 6.45) is 16.3. The van der Waals surface area contributed by atoms with Gasteiger partial charge in [-0.1, -0.05) is 135 Å². The van der Waals surface area contributed by atoms with Crippen LogP contribution in [0.4, 0.5) is 0 Å². The zero-order chi connectivity index (χ0) is 43.1. The summed E-state index contributed by atoms with van der Waals surface area (Å²) >= 11 is 0. The Kier molecular flexibility index (Phi) is 16.5. The lowest BCUT2D eigenvalue weighted by atomic mass is 9.87. The van der Waals surface area contributed by atoms with Gasteiger partial charge in [-0.2, -0.15) is 0 Å². The van der Waals surface area contributed by atoms with Gasteiger partial charge in [0, 0.05) is 5.39 Å². The topological polar surface area (TPSA) is 46.2 Å². The van der Waals surface area contributed by atoms with Gasteiger partial charge in [-0.25, -0.2) is 0 Å². The van der Waals surface area contributed by atoms with E-state index in [1.54, 1.807) is 0 Å². The van der Waals surface area contributed by atoms with Crippen LogP contribution in [0.1, 0.15) is 131 Å². The molecule has 0 amide bonds. The maximum atomic E-state index is 6.96. The van der Waals surface area contributed by atoms with Gasteiger partial charge in [0.1, 0.15) is 5.75 Å². The summed E-state index contributed by atoms with van der Waals surface area (Å²) in [5, 5.41) is 11.6. The van der Waals surface area contributed by atoms with Crippen molar-refractivity contribution in [3.63, 3.8) is 0 Å². The van der Waals surface area contributed by atoms with Gasteiger partial charge >= 0.3 is 0 Å². The Morgan fingerprint density at radius 1 is 0.339 bits per heavy atom. The van der Waals surface area contributed by atoms with Crippen molar-refractivity contribution < 1.29 is 23.7 Å². The lowest BCUT2D eigenvalue weighted by Gasteiger charge is -2.22. The first-order chi connectivity index (χ1) is 30.6. The maximum absolute atomic E-state index is 6.96. The lowest BCUT2D eigenvalue weighted by Crippen LogP contribution is -2.05. The van der Waals surface area contributed by atoms with Crippen LogP contribution in [0.2, 0.25) is 0 Å². The van der Waals surface area contributed by atoms with E-state index in [-0.39, 0.29) is 0 Å². The molecule has 0 unspecified atom stereocenters. The monoisotopic (exact) mass is 835 g/mol. The second kappa shape index (κ2) is 22.8. The van der Waals surface area contributed by atoms with E-state index < -0.39 is 0 Å². The van der Waals surface area contributed by atoms with Crippen molar-refractivity contribution in [2.24, 2.45) is 0 Å². The Morgan fingerprint density at radius 3 is 1.44 bits per heavy atom. The number of rotatable bonds is 26. The third-order valence-corrected chi connectivity index (χ3v) is 12.2. The Labute approximate surface area is 371 Å². The molecule has 0 heterocycles. The SMILES string of the molecule is CCCCCOc1cc(-c2ccc3cc4ccccc4cc3c2)c2c(c1)c1cc(OCCCCC)c(OCCCCC)cc1c1c(OCCCCC)c(OCCCCC)ccc21. The maximum Gasteiger partial charge on any atom is 0.169 e. The molecule has 7 aromatic rings. The number of fused-ring (bicyclic) bond motifs is 8. The van der Waals surface area contributed by atoms with Crippen LogP contribution in [-0.4, -0.2) is 33.0 Å². The average Bonchev–Trinajstić information content (AvgIpc) is 3.30. The molecule has 0 fully saturated rings. The van der Waals surface area contributed by atoms with Gasteiger partial charge < -0.3 is 23.7 Å². The van der Waals surface area contributed by atoms with E-state index in [1.165, 1.54) is 21.5 Å². The molecule has 7 rings (SSSR count). The first-order valence-electron chi connectivity index (χ1n) is 24.2. The molecule has 0 spiro atoms. The van der Waals surface area contributed by atoms with Gasteiger partial charge in [0.15, 0.2) is 23.0 Å². The Bertz CT molecular complexity index is 2530. The highest BCUT2D eigenvalue weighted by molar-refractivity contribution is 6.31. The van der Waals surface area contributed by atoms with Crippen molar-refractivity contribution in [1.82, 2.24) is 0 Å². The van der Waals surface area contributed by atoms with Crippen molar-refractivity contribution in [2.75, 3.05) is 33.0 Å². The molecule has 0 aliphatic carbocycles. The van der Waals surface area contributed by atoms with Crippen LogP contribution >= 0.6 is 0 Å². The van der Waals surface area contributed by atoms with Crippen LogP contribution in [0.5, 0.6) is 28.7 Å². The van der Waals surface area contributed by atoms with Crippen molar-refractivity contribution in [1.29, 1.82) is 0 Å². The van der Waals surface area contributed by atoms with Crippen LogP contribution < -0.4 is 23.7 Å². The van der Waals surface area contributed by atoms with E-state index in [2.05, 4.69) is 126 Å². The zero-order valence-corrected chi connectivity index (χ0v) is 38.3. The Balaban J connectivity index is 1.55. The first kappa shape index (κ1) is 44.9. The molecule has 0 saturated heterocycles. The summed E-state index contributed by atoms with van der Waals surface area (Å²) < 4.78 is 33.7. The predicted octanol–water partition coefficient (Wildman–Crippen LogP) is 17.0. The number of benzene rings is 7. The molecule has 0 saturated carbocycles. The highest BCUT2D eigenvalue weighted by Gasteiger charge is 2.23. The third kappa shape index (κ3) is 10.7. The van der Waals surface area contributed by atoms with Crippen LogP contribution in [0.3, 0.4) is 0 Å². The van der Waals surface area contributed by atoms with Crippen LogP contribution in [0.15, 0.2) is 91.0 Å². The van der Waals surface area contributed by atoms with Gasteiger partial charge in [-0.15, -0.1) is 0 Å². The fourth-order valence-electron chi connectivity index (χ4n) is 8.72. The minimum absolute atomic E-state index is 0.618. The largest absolute Gasteiger partial charge is 0.494 e. The molecule has 5 nitrogen and oxygen atoms in total. The normalized spacial score (nSPS) is 11.6. The van der Waals surface area contributed by atoms with Gasteiger partial charge in [-0.3, -0.25) is 0 Å². The van der Waals surface area contributed by atoms with Crippen molar-refractivity contribution in [2.45, 2.75) is 131 Å². The molecule has 62 heavy (non-hydrogen) atoms. The number of unbranched alkanes of at least 4 members (excludes halogenated alkanes) is 10. The first-order valence-corrected chi connectivity index (χ1v) is 24.2. The number of ether oxygens (including phenoxy) is 5. The highest BCUT2D eigenvalue weighted by atomic mass is 16.5. The molecular weight excluding hydrogens is 765 g/mol. The summed E-state index contributed by atoms with van der Waals surface area (Å²) in [5.74, 6) is 4.06. The highest BCUT2D eigenvalue weighted by Crippen LogP contribution is 2.50. The third-order valence-electron chi connectivity index (χ3n) is 12.2. The smallest absolute Gasteiger partial charge is 0.169 e. The minimum atomic E-state index is 0.618. The minimum Gasteiger partial charge on any atom is -0.494 e. The van der Waals surface area contributed by atoms with Crippen molar-refractivity contribution in [3.8, 4) is 39.9 Å². The van der Waals surface area contributed by atoms with Crippen molar-refractivity contribution >= 4 is 53.9 Å². The number of hydrogen-bond acceptors (Lipinski definition) is 5. The predicted molar refractivity (Wildman–Crippen MR) is 265 cm³/mol. The fraction of sp³-hybridized carbons (Fsp3) is 0.439. The van der Waals surface area contributed by atoms with E-state index in [4.69, 9.17) is 23.7 Å². The Hall–Kier alpha value is -5.16. The molecule has 0 bridgehead atoms. The molecule has 0 aliphatic rings. The van der Waals surface area contributed by atoms with E-state index in [0.717, 1.165) is 169 Å². The molecule has 7 aromatic carbocycles. The molecule has 0 aliphatic heterocycles. The van der Waals surface area contributed by atoms with Crippen LogP contribution in [-0.2, 0) is 0 Å². The van der Waals surface area contributed by atoms with E-state index in [0.29, 0.717) is 33.0 Å². The summed E-state index contributed by atoms with van der Waals surface area (Å²) in [4.78, 5) is 0. The standard InChI is InChI=1S/C57H70O5/c1-6-11-18-29-58-46-37-48(44-26-25-43-34-41-23-16-17-24-42(41)35-45(43)36-44)55-47-27-28-52(59-30-19-12-7-2)57(62-33-22-15-10-5)56(47)51-40-54(61-32-21-14-9-4)53(60-31-20-13-8-3)39-49(51)50(55)38-46/h16-17,23-28,34-40H,6-15,18-22,29-33H2,1-5H3. The lowest BCUT2D eigenvalue weighted by molar-refractivity contribution is 0.260.